The second kappa shape index (κ2) is 13.0. The summed E-state index contributed by atoms with van der Waals surface area (Å²) in [6.45, 7) is 0. The number of rotatable bonds is 6. The van der Waals surface area contributed by atoms with Crippen LogP contribution in [0, 0.1) is 11.3 Å². The third-order valence-electron chi connectivity index (χ3n) is 9.87. The Kier molecular flexibility index (Phi) is 7.72. The van der Waals surface area contributed by atoms with E-state index in [0.29, 0.717) is 11.4 Å². The molecule has 52 heavy (non-hydrogen) atoms. The van der Waals surface area contributed by atoms with Gasteiger partial charge >= 0.3 is 0 Å². The molecule has 0 fully saturated rings. The zero-order chi connectivity index (χ0) is 34.9. The number of hydrogen-bond donors (Lipinski definition) is 0. The molecule has 0 radical (unpaired) electrons. The van der Waals surface area contributed by atoms with Gasteiger partial charge in [-0.05, 0) is 58.7 Å². The first-order valence-corrected chi connectivity index (χ1v) is 17.3. The van der Waals surface area contributed by atoms with Gasteiger partial charge in [0.2, 0.25) is 0 Å². The summed E-state index contributed by atoms with van der Waals surface area (Å²) in [6, 6.07) is 66.6. The summed E-state index contributed by atoms with van der Waals surface area (Å²) in [4.78, 5) is 10.1. The molecular formula is C48H31N3O. The van der Waals surface area contributed by atoms with E-state index in [1.807, 2.05) is 54.6 Å². The maximum atomic E-state index is 9.36. The van der Waals surface area contributed by atoms with Gasteiger partial charge in [-0.15, -0.1) is 0 Å². The third-order valence-corrected chi connectivity index (χ3v) is 9.87. The average molecular weight is 666 g/mol. The standard InChI is InChI=1S/C48H31N3O/c49-32-33-23-25-35(26-24-33)44-31-43(34-13-4-1-5-14-34)50-47(51-44)38-16-12-15-36(29-38)37-27-28-42-46(30-37)52-45-22-11-10-21-41(45)48(42,39-17-6-2-7-18-39)40-19-8-3-9-20-40/h1-31H. The van der Waals surface area contributed by atoms with Gasteiger partial charge < -0.3 is 4.74 Å². The first-order chi connectivity index (χ1) is 25.7. The zero-order valence-corrected chi connectivity index (χ0v) is 28.1. The summed E-state index contributed by atoms with van der Waals surface area (Å²) in [5.74, 6) is 2.28. The highest BCUT2D eigenvalue weighted by Crippen LogP contribution is 2.55. The molecule has 0 N–H and O–H groups in total. The van der Waals surface area contributed by atoms with Gasteiger partial charge in [-0.25, -0.2) is 9.97 Å². The number of benzene rings is 7. The number of nitrogens with zero attached hydrogens (tertiary/aromatic N) is 3. The van der Waals surface area contributed by atoms with Crippen molar-refractivity contribution in [2.45, 2.75) is 5.41 Å². The number of hydrogen-bond acceptors (Lipinski definition) is 4. The molecule has 9 rings (SSSR count). The molecule has 0 saturated carbocycles. The van der Waals surface area contributed by atoms with Gasteiger partial charge in [0.1, 0.15) is 11.5 Å². The Morgan fingerprint density at radius 3 is 1.62 bits per heavy atom. The molecule has 1 aromatic heterocycles. The van der Waals surface area contributed by atoms with E-state index in [9.17, 15) is 5.26 Å². The number of para-hydroxylation sites is 1. The van der Waals surface area contributed by atoms with E-state index < -0.39 is 5.41 Å². The molecule has 0 amide bonds. The Morgan fingerprint density at radius 1 is 0.423 bits per heavy atom. The molecule has 0 aliphatic carbocycles. The Bertz CT molecular complexity index is 2550. The van der Waals surface area contributed by atoms with Crippen LogP contribution in [0.5, 0.6) is 11.5 Å². The summed E-state index contributed by atoms with van der Waals surface area (Å²) < 4.78 is 6.75. The molecule has 0 atom stereocenters. The van der Waals surface area contributed by atoms with Gasteiger partial charge in [0, 0.05) is 27.8 Å². The van der Waals surface area contributed by atoms with Crippen molar-refractivity contribution in [3.8, 4) is 62.6 Å². The van der Waals surface area contributed by atoms with Crippen LogP contribution in [0.1, 0.15) is 27.8 Å². The summed E-state index contributed by atoms with van der Waals surface area (Å²) in [5, 5.41) is 9.36. The van der Waals surface area contributed by atoms with Crippen molar-refractivity contribution in [3.63, 3.8) is 0 Å². The average Bonchev–Trinajstić information content (AvgIpc) is 3.23. The highest BCUT2D eigenvalue weighted by Gasteiger charge is 2.45. The van der Waals surface area contributed by atoms with Gasteiger partial charge in [-0.3, -0.25) is 0 Å². The van der Waals surface area contributed by atoms with E-state index in [1.54, 1.807) is 0 Å². The van der Waals surface area contributed by atoms with Crippen LogP contribution in [0.3, 0.4) is 0 Å². The molecule has 0 saturated heterocycles. The molecule has 0 unspecified atom stereocenters. The summed E-state index contributed by atoms with van der Waals surface area (Å²) in [5.41, 5.74) is 11.1. The first kappa shape index (κ1) is 30.9. The third kappa shape index (κ3) is 5.33. The lowest BCUT2D eigenvalue weighted by atomic mass is 9.63. The molecule has 244 valence electrons. The van der Waals surface area contributed by atoms with Crippen LogP contribution in [-0.2, 0) is 5.41 Å². The van der Waals surface area contributed by atoms with E-state index >= 15 is 0 Å². The molecule has 2 heterocycles. The second-order valence-corrected chi connectivity index (χ2v) is 12.9. The van der Waals surface area contributed by atoms with Crippen LogP contribution < -0.4 is 4.74 Å². The van der Waals surface area contributed by atoms with Crippen LogP contribution in [0.2, 0.25) is 0 Å². The van der Waals surface area contributed by atoms with E-state index in [-0.39, 0.29) is 0 Å². The molecule has 4 heteroatoms. The summed E-state index contributed by atoms with van der Waals surface area (Å²) in [6.07, 6.45) is 0. The summed E-state index contributed by atoms with van der Waals surface area (Å²) in [7, 11) is 0. The zero-order valence-electron chi connectivity index (χ0n) is 28.1. The van der Waals surface area contributed by atoms with E-state index in [2.05, 4.69) is 140 Å². The fourth-order valence-electron chi connectivity index (χ4n) is 7.42. The van der Waals surface area contributed by atoms with E-state index in [1.165, 1.54) is 11.1 Å². The Labute approximate surface area is 303 Å². The predicted octanol–water partition coefficient (Wildman–Crippen LogP) is 11.5. The van der Waals surface area contributed by atoms with Crippen LogP contribution in [0.4, 0.5) is 0 Å². The predicted molar refractivity (Wildman–Crippen MR) is 207 cm³/mol. The van der Waals surface area contributed by atoms with Crippen molar-refractivity contribution in [2.75, 3.05) is 0 Å². The van der Waals surface area contributed by atoms with Gasteiger partial charge in [-0.1, -0.05) is 152 Å². The van der Waals surface area contributed by atoms with Crippen molar-refractivity contribution in [3.05, 3.63) is 216 Å². The molecular weight excluding hydrogens is 635 g/mol. The minimum atomic E-state index is -0.569. The van der Waals surface area contributed by atoms with Crippen molar-refractivity contribution >= 4 is 0 Å². The SMILES string of the molecule is N#Cc1ccc(-c2cc(-c3ccccc3)nc(-c3cccc(-c4ccc5c(c4)Oc4ccccc4C5(c4ccccc4)c4ccccc4)c3)n2)cc1. The molecule has 8 aromatic rings. The lowest BCUT2D eigenvalue weighted by molar-refractivity contribution is 0.435. The lowest BCUT2D eigenvalue weighted by Crippen LogP contribution is -2.34. The van der Waals surface area contributed by atoms with E-state index in [4.69, 9.17) is 14.7 Å². The minimum absolute atomic E-state index is 0.569. The minimum Gasteiger partial charge on any atom is -0.457 e. The molecule has 7 aromatic carbocycles. The monoisotopic (exact) mass is 665 g/mol. The fraction of sp³-hybridized carbons (Fsp3) is 0.0208. The maximum Gasteiger partial charge on any atom is 0.160 e. The molecule has 1 aliphatic rings. The topological polar surface area (TPSA) is 58.8 Å². The van der Waals surface area contributed by atoms with Crippen LogP contribution in [-0.4, -0.2) is 9.97 Å². The first-order valence-electron chi connectivity index (χ1n) is 17.3. The van der Waals surface area contributed by atoms with Crippen molar-refractivity contribution in [1.82, 2.24) is 9.97 Å². The van der Waals surface area contributed by atoms with Crippen LogP contribution in [0.25, 0.3) is 45.0 Å². The molecule has 0 spiro atoms. The Balaban J connectivity index is 1.18. The second-order valence-electron chi connectivity index (χ2n) is 12.9. The maximum absolute atomic E-state index is 9.36. The molecule has 0 bridgehead atoms. The quantitative estimate of drug-likeness (QED) is 0.177. The van der Waals surface area contributed by atoms with Crippen molar-refractivity contribution in [2.24, 2.45) is 0 Å². The van der Waals surface area contributed by atoms with Gasteiger partial charge in [0.05, 0.1) is 28.4 Å². The normalized spacial score (nSPS) is 12.5. The lowest BCUT2D eigenvalue weighted by Gasteiger charge is -2.41. The number of fused-ring (bicyclic) bond motifs is 2. The van der Waals surface area contributed by atoms with Gasteiger partial charge in [0.25, 0.3) is 0 Å². The molecule has 4 nitrogen and oxygen atoms in total. The highest BCUT2D eigenvalue weighted by atomic mass is 16.5. The summed E-state index contributed by atoms with van der Waals surface area (Å²) >= 11 is 0. The molecule has 1 aliphatic heterocycles. The van der Waals surface area contributed by atoms with Crippen LogP contribution >= 0.6 is 0 Å². The Hall–Kier alpha value is -7.09. The van der Waals surface area contributed by atoms with Crippen LogP contribution in [0.15, 0.2) is 188 Å². The fourth-order valence-corrected chi connectivity index (χ4v) is 7.42. The number of aromatic nitrogens is 2. The van der Waals surface area contributed by atoms with Crippen molar-refractivity contribution < 1.29 is 4.74 Å². The Morgan fingerprint density at radius 2 is 0.942 bits per heavy atom. The largest absolute Gasteiger partial charge is 0.457 e. The van der Waals surface area contributed by atoms with Crippen molar-refractivity contribution in [1.29, 1.82) is 5.26 Å². The smallest absolute Gasteiger partial charge is 0.160 e. The van der Waals surface area contributed by atoms with Gasteiger partial charge in [0.15, 0.2) is 5.82 Å². The number of ether oxygens (including phenoxy) is 1. The van der Waals surface area contributed by atoms with Gasteiger partial charge in [-0.2, -0.15) is 5.26 Å². The van der Waals surface area contributed by atoms with E-state index in [0.717, 1.165) is 61.8 Å². The number of nitriles is 1. The highest BCUT2D eigenvalue weighted by molar-refractivity contribution is 5.78.